The van der Waals surface area contributed by atoms with Crippen molar-refractivity contribution >= 4 is 22.4 Å². The second kappa shape index (κ2) is 6.78. The Bertz CT molecular complexity index is 740. The number of thiazole rings is 1. The lowest BCUT2D eigenvalue weighted by atomic mass is 10.1. The van der Waals surface area contributed by atoms with E-state index < -0.39 is 0 Å². The standard InChI is InChI=1S/C17H18N2O4S/c20-16(9-12-2-1-5-21-12)19-17-18-13(10-24-17)11-3-4-14-15(8-11)23-7-6-22-14/h3-4,8,10,12H,1-2,5-7,9H2,(H,18,19,20)/t12-/m1/s1. The van der Waals surface area contributed by atoms with Gasteiger partial charge in [0.25, 0.3) is 0 Å². The maximum absolute atomic E-state index is 12.0. The molecule has 1 amide bonds. The first kappa shape index (κ1) is 15.4. The van der Waals surface area contributed by atoms with Gasteiger partial charge in [-0.15, -0.1) is 11.3 Å². The Morgan fingerprint density at radius 2 is 2.12 bits per heavy atom. The highest BCUT2D eigenvalue weighted by Gasteiger charge is 2.20. The number of amides is 1. The molecule has 1 aromatic carbocycles. The van der Waals surface area contributed by atoms with Gasteiger partial charge in [-0.2, -0.15) is 0 Å². The molecule has 4 rings (SSSR count). The van der Waals surface area contributed by atoms with Gasteiger partial charge in [-0.3, -0.25) is 4.79 Å². The number of nitrogens with one attached hydrogen (secondary N) is 1. The van der Waals surface area contributed by atoms with Crippen LogP contribution in [0.3, 0.4) is 0 Å². The highest BCUT2D eigenvalue weighted by molar-refractivity contribution is 7.14. The Balaban J connectivity index is 1.43. The van der Waals surface area contributed by atoms with Crippen LogP contribution in [0.4, 0.5) is 5.13 Å². The summed E-state index contributed by atoms with van der Waals surface area (Å²) in [6, 6.07) is 5.75. The molecule has 126 valence electrons. The van der Waals surface area contributed by atoms with Crippen LogP contribution in [0.2, 0.25) is 0 Å². The summed E-state index contributed by atoms with van der Waals surface area (Å²) in [6.07, 6.45) is 2.41. The van der Waals surface area contributed by atoms with E-state index >= 15 is 0 Å². The van der Waals surface area contributed by atoms with Crippen LogP contribution in [-0.2, 0) is 9.53 Å². The first-order valence-electron chi connectivity index (χ1n) is 8.05. The van der Waals surface area contributed by atoms with Crippen LogP contribution in [0, 0.1) is 0 Å². The highest BCUT2D eigenvalue weighted by atomic mass is 32.1. The molecule has 1 fully saturated rings. The molecule has 2 aliphatic rings. The molecule has 2 aliphatic heterocycles. The fraction of sp³-hybridized carbons (Fsp3) is 0.412. The number of carbonyl (C=O) groups excluding carboxylic acids is 1. The largest absolute Gasteiger partial charge is 0.486 e. The number of anilines is 1. The average molecular weight is 346 g/mol. The van der Waals surface area contributed by atoms with Crippen molar-refractivity contribution in [3.05, 3.63) is 23.6 Å². The monoisotopic (exact) mass is 346 g/mol. The van der Waals surface area contributed by atoms with Gasteiger partial charge in [0, 0.05) is 17.6 Å². The van der Waals surface area contributed by atoms with E-state index in [0.29, 0.717) is 24.8 Å². The van der Waals surface area contributed by atoms with Crippen molar-refractivity contribution in [1.29, 1.82) is 0 Å². The van der Waals surface area contributed by atoms with E-state index in [1.54, 1.807) is 0 Å². The number of carbonyl (C=O) groups is 1. The Labute approximate surface area is 143 Å². The van der Waals surface area contributed by atoms with E-state index in [1.165, 1.54) is 11.3 Å². The van der Waals surface area contributed by atoms with E-state index in [9.17, 15) is 4.79 Å². The summed E-state index contributed by atoms with van der Waals surface area (Å²) >= 11 is 1.41. The summed E-state index contributed by atoms with van der Waals surface area (Å²) in [5, 5.41) is 5.38. The van der Waals surface area contributed by atoms with Crippen LogP contribution in [0.1, 0.15) is 19.3 Å². The minimum atomic E-state index is -0.0509. The predicted molar refractivity (Wildman–Crippen MR) is 90.8 cm³/mol. The molecule has 0 bridgehead atoms. The molecular formula is C17H18N2O4S. The normalized spacial score (nSPS) is 19.2. The lowest BCUT2D eigenvalue weighted by Gasteiger charge is -2.18. The summed E-state index contributed by atoms with van der Waals surface area (Å²) in [6.45, 7) is 1.88. The van der Waals surface area contributed by atoms with Crippen molar-refractivity contribution in [2.45, 2.75) is 25.4 Å². The predicted octanol–water partition coefficient (Wildman–Crippen LogP) is 3.09. The zero-order valence-corrected chi connectivity index (χ0v) is 13.9. The first-order valence-corrected chi connectivity index (χ1v) is 8.93. The third kappa shape index (κ3) is 3.37. The molecule has 24 heavy (non-hydrogen) atoms. The number of ether oxygens (including phenoxy) is 3. The molecule has 0 unspecified atom stereocenters. The number of nitrogens with zero attached hydrogens (tertiary/aromatic N) is 1. The zero-order valence-electron chi connectivity index (χ0n) is 13.1. The van der Waals surface area contributed by atoms with E-state index in [-0.39, 0.29) is 12.0 Å². The van der Waals surface area contributed by atoms with Gasteiger partial charge in [-0.05, 0) is 31.0 Å². The molecule has 7 heteroatoms. The van der Waals surface area contributed by atoms with E-state index in [0.717, 1.165) is 42.2 Å². The second-order valence-electron chi connectivity index (χ2n) is 5.78. The van der Waals surface area contributed by atoms with Gasteiger partial charge in [0.05, 0.1) is 18.2 Å². The molecule has 0 radical (unpaired) electrons. The number of hydrogen-bond donors (Lipinski definition) is 1. The molecule has 3 heterocycles. The molecule has 0 aliphatic carbocycles. The van der Waals surface area contributed by atoms with Gasteiger partial charge in [0.2, 0.25) is 5.91 Å². The fourth-order valence-corrected chi connectivity index (χ4v) is 3.58. The minimum absolute atomic E-state index is 0.0437. The Kier molecular flexibility index (Phi) is 4.36. The molecule has 0 spiro atoms. The smallest absolute Gasteiger partial charge is 0.228 e. The number of fused-ring (bicyclic) bond motifs is 1. The highest BCUT2D eigenvalue weighted by Crippen LogP contribution is 2.35. The summed E-state index contributed by atoms with van der Waals surface area (Å²) in [7, 11) is 0. The number of aromatic nitrogens is 1. The molecule has 2 aromatic rings. The first-order chi connectivity index (χ1) is 11.8. The zero-order chi connectivity index (χ0) is 16.4. The molecule has 6 nitrogen and oxygen atoms in total. The molecule has 1 atom stereocenters. The summed E-state index contributed by atoms with van der Waals surface area (Å²) in [4.78, 5) is 16.5. The van der Waals surface area contributed by atoms with E-state index in [4.69, 9.17) is 14.2 Å². The molecule has 0 saturated carbocycles. The van der Waals surface area contributed by atoms with Gasteiger partial charge >= 0.3 is 0 Å². The third-order valence-corrected chi connectivity index (χ3v) is 4.78. The topological polar surface area (TPSA) is 69.7 Å². The maximum Gasteiger partial charge on any atom is 0.228 e. The van der Waals surface area contributed by atoms with Crippen molar-refractivity contribution in [3.63, 3.8) is 0 Å². The number of benzene rings is 1. The van der Waals surface area contributed by atoms with E-state index in [1.807, 2.05) is 23.6 Å². The minimum Gasteiger partial charge on any atom is -0.486 e. The Morgan fingerprint density at radius 3 is 2.96 bits per heavy atom. The quantitative estimate of drug-likeness (QED) is 0.921. The number of hydrogen-bond acceptors (Lipinski definition) is 6. The lowest BCUT2D eigenvalue weighted by molar-refractivity contribution is -0.118. The molecule has 1 saturated heterocycles. The van der Waals surface area contributed by atoms with Gasteiger partial charge in [-0.1, -0.05) is 0 Å². The van der Waals surface area contributed by atoms with Crippen molar-refractivity contribution in [1.82, 2.24) is 4.98 Å². The second-order valence-corrected chi connectivity index (χ2v) is 6.64. The number of rotatable bonds is 4. The van der Waals surface area contributed by atoms with Gasteiger partial charge in [-0.25, -0.2) is 4.98 Å². The molecule has 1 N–H and O–H groups in total. The van der Waals surface area contributed by atoms with Crippen LogP contribution in [0.25, 0.3) is 11.3 Å². The SMILES string of the molecule is O=C(C[C@H]1CCCO1)Nc1nc(-c2ccc3c(c2)OCCO3)cs1. The Hall–Kier alpha value is -2.12. The van der Waals surface area contributed by atoms with Gasteiger partial charge in [0.1, 0.15) is 13.2 Å². The van der Waals surface area contributed by atoms with Gasteiger partial charge < -0.3 is 19.5 Å². The van der Waals surface area contributed by atoms with Crippen molar-refractivity contribution in [2.24, 2.45) is 0 Å². The fourth-order valence-electron chi connectivity index (χ4n) is 2.85. The van der Waals surface area contributed by atoms with Crippen molar-refractivity contribution in [3.8, 4) is 22.8 Å². The maximum atomic E-state index is 12.0. The van der Waals surface area contributed by atoms with Crippen molar-refractivity contribution < 1.29 is 19.0 Å². The summed E-state index contributed by atoms with van der Waals surface area (Å²) < 4.78 is 16.6. The van der Waals surface area contributed by atoms with Crippen LogP contribution in [0.15, 0.2) is 23.6 Å². The lowest BCUT2D eigenvalue weighted by Crippen LogP contribution is -2.19. The summed E-state index contributed by atoms with van der Waals surface area (Å²) in [5.41, 5.74) is 1.75. The molecular weight excluding hydrogens is 328 g/mol. The van der Waals surface area contributed by atoms with Gasteiger partial charge in [0.15, 0.2) is 16.6 Å². The average Bonchev–Trinajstić information content (AvgIpc) is 3.26. The Morgan fingerprint density at radius 1 is 1.25 bits per heavy atom. The van der Waals surface area contributed by atoms with Crippen molar-refractivity contribution in [2.75, 3.05) is 25.1 Å². The van der Waals surface area contributed by atoms with Crippen LogP contribution in [-0.4, -0.2) is 36.8 Å². The third-order valence-electron chi connectivity index (χ3n) is 4.03. The van der Waals surface area contributed by atoms with Crippen LogP contribution < -0.4 is 14.8 Å². The van der Waals surface area contributed by atoms with Crippen LogP contribution >= 0.6 is 11.3 Å². The molecule has 1 aromatic heterocycles. The van der Waals surface area contributed by atoms with Crippen LogP contribution in [0.5, 0.6) is 11.5 Å². The summed E-state index contributed by atoms with van der Waals surface area (Å²) in [5.74, 6) is 1.44. The van der Waals surface area contributed by atoms with E-state index in [2.05, 4.69) is 10.3 Å².